The summed E-state index contributed by atoms with van der Waals surface area (Å²) in [5.41, 5.74) is -0.208. The van der Waals surface area contributed by atoms with Gasteiger partial charge in [0.05, 0.1) is 17.1 Å². The van der Waals surface area contributed by atoms with E-state index in [9.17, 15) is 31.2 Å². The van der Waals surface area contributed by atoms with E-state index in [1.165, 1.54) is 36.4 Å². The molecule has 0 radical (unpaired) electrons. The lowest BCUT2D eigenvalue weighted by Gasteiger charge is -2.18. The number of esters is 1. The van der Waals surface area contributed by atoms with Crippen molar-refractivity contribution in [2.24, 2.45) is 0 Å². The first-order valence-electron chi connectivity index (χ1n) is 11.5. The Morgan fingerprint density at radius 2 is 1.63 bits per heavy atom. The van der Waals surface area contributed by atoms with Crippen LogP contribution in [0.3, 0.4) is 0 Å². The number of alkyl halides is 3. The maximum Gasteiger partial charge on any atom is 0.417 e. The maximum absolute atomic E-state index is 13.5. The summed E-state index contributed by atoms with van der Waals surface area (Å²) >= 11 is 0. The second-order valence-corrected chi connectivity index (χ2v) is 10.2. The lowest BCUT2D eigenvalue weighted by atomic mass is 10.0. The molecule has 1 unspecified atom stereocenters. The molecule has 2 N–H and O–H groups in total. The van der Waals surface area contributed by atoms with Gasteiger partial charge in [-0.3, -0.25) is 4.79 Å². The predicted molar refractivity (Wildman–Crippen MR) is 135 cm³/mol. The Kier molecular flexibility index (Phi) is 7.70. The van der Waals surface area contributed by atoms with Gasteiger partial charge in [-0.15, -0.1) is 0 Å². The molecule has 3 aromatic carbocycles. The Morgan fingerprint density at radius 3 is 2.26 bits per heavy atom. The van der Waals surface area contributed by atoms with Crippen molar-refractivity contribution < 1.29 is 31.1 Å². The molecule has 0 fully saturated rings. The van der Waals surface area contributed by atoms with E-state index in [1.54, 1.807) is 43.3 Å². The van der Waals surface area contributed by atoms with Gasteiger partial charge in [0.1, 0.15) is 6.04 Å². The lowest BCUT2D eigenvalue weighted by molar-refractivity contribution is -0.145. The summed E-state index contributed by atoms with van der Waals surface area (Å²) in [5, 5.41) is -0.135. The summed E-state index contributed by atoms with van der Waals surface area (Å²) in [4.78, 5) is 26.4. The summed E-state index contributed by atoms with van der Waals surface area (Å²) < 4.78 is 73.9. The van der Waals surface area contributed by atoms with E-state index in [0.29, 0.717) is 22.8 Å². The van der Waals surface area contributed by atoms with Crippen LogP contribution in [0.5, 0.6) is 0 Å². The van der Waals surface area contributed by atoms with E-state index in [4.69, 9.17) is 4.74 Å². The standard InChI is InChI=1S/C27H23F3N2O5S/c1-2-37-26(34)25(19-6-4-3-5-7-19)32-38(35,36)20-11-8-17(9-12-20)14-18-10-13-23-21(15-18)22(27(28,29)30)16-24(33)31-23/h3-13,15-16,25,32H,2,14H2,1H3,(H,31,33). The molecule has 1 heterocycles. The van der Waals surface area contributed by atoms with Crippen LogP contribution in [0.15, 0.2) is 88.6 Å². The number of sulfonamides is 1. The van der Waals surface area contributed by atoms with Crippen LogP contribution in [0.25, 0.3) is 10.9 Å². The van der Waals surface area contributed by atoms with Gasteiger partial charge in [-0.05, 0) is 54.3 Å². The minimum absolute atomic E-state index is 0.0654. The highest BCUT2D eigenvalue weighted by molar-refractivity contribution is 7.89. The van der Waals surface area contributed by atoms with Gasteiger partial charge in [0.15, 0.2) is 0 Å². The zero-order valence-electron chi connectivity index (χ0n) is 20.1. The number of aromatic nitrogens is 1. The first-order chi connectivity index (χ1) is 18.0. The molecule has 0 aliphatic heterocycles. The first-order valence-corrected chi connectivity index (χ1v) is 13.0. The molecule has 1 atom stereocenters. The van der Waals surface area contributed by atoms with Crippen LogP contribution in [-0.2, 0) is 32.2 Å². The fraction of sp³-hybridized carbons (Fsp3) is 0.185. The zero-order valence-corrected chi connectivity index (χ0v) is 20.9. The Morgan fingerprint density at radius 1 is 0.974 bits per heavy atom. The van der Waals surface area contributed by atoms with Gasteiger partial charge in [0, 0.05) is 17.0 Å². The summed E-state index contributed by atoms with van der Waals surface area (Å²) in [5.74, 6) is -0.741. The number of pyridine rings is 1. The number of rotatable bonds is 8. The second-order valence-electron chi connectivity index (χ2n) is 8.46. The van der Waals surface area contributed by atoms with Crippen molar-refractivity contribution in [3.8, 4) is 0 Å². The molecule has 38 heavy (non-hydrogen) atoms. The molecular weight excluding hydrogens is 521 g/mol. The number of ether oxygens (including phenoxy) is 1. The van der Waals surface area contributed by atoms with Crippen LogP contribution < -0.4 is 10.3 Å². The minimum Gasteiger partial charge on any atom is -0.465 e. The number of carbonyl (C=O) groups excluding carboxylic acids is 1. The monoisotopic (exact) mass is 544 g/mol. The summed E-state index contributed by atoms with van der Waals surface area (Å²) in [7, 11) is -4.13. The largest absolute Gasteiger partial charge is 0.465 e. The lowest BCUT2D eigenvalue weighted by Crippen LogP contribution is -2.35. The number of hydrogen-bond acceptors (Lipinski definition) is 5. The molecule has 0 saturated carbocycles. The average molecular weight is 545 g/mol. The molecule has 198 valence electrons. The fourth-order valence-corrected chi connectivity index (χ4v) is 5.19. The summed E-state index contributed by atoms with van der Waals surface area (Å²) in [6.07, 6.45) is -4.48. The normalized spacial score (nSPS) is 12.8. The van der Waals surface area contributed by atoms with Crippen LogP contribution in [0.1, 0.15) is 35.2 Å². The van der Waals surface area contributed by atoms with E-state index in [0.717, 1.165) is 0 Å². The van der Waals surface area contributed by atoms with Crippen molar-refractivity contribution in [3.63, 3.8) is 0 Å². The summed E-state index contributed by atoms with van der Waals surface area (Å²) in [6.45, 7) is 1.69. The number of halogens is 3. The highest BCUT2D eigenvalue weighted by Crippen LogP contribution is 2.34. The number of nitrogens with one attached hydrogen (secondary N) is 2. The molecule has 0 amide bonds. The number of H-pyrrole nitrogens is 1. The third kappa shape index (κ3) is 6.12. The molecule has 0 saturated heterocycles. The number of fused-ring (bicyclic) bond motifs is 1. The molecule has 4 rings (SSSR count). The van der Waals surface area contributed by atoms with E-state index < -0.39 is 39.3 Å². The van der Waals surface area contributed by atoms with Crippen molar-refractivity contribution in [1.29, 1.82) is 0 Å². The highest BCUT2D eigenvalue weighted by atomic mass is 32.2. The Hall–Kier alpha value is -3.96. The minimum atomic E-state index is -4.70. The van der Waals surface area contributed by atoms with E-state index in [1.807, 2.05) is 0 Å². The summed E-state index contributed by atoms with van der Waals surface area (Å²) in [6, 6.07) is 17.7. The van der Waals surface area contributed by atoms with Gasteiger partial charge < -0.3 is 9.72 Å². The third-order valence-electron chi connectivity index (χ3n) is 5.78. The topological polar surface area (TPSA) is 105 Å². The molecule has 0 aliphatic rings. The van der Waals surface area contributed by atoms with Crippen LogP contribution in [0, 0.1) is 0 Å². The van der Waals surface area contributed by atoms with Crippen molar-refractivity contribution in [3.05, 3.63) is 111 Å². The van der Waals surface area contributed by atoms with Crippen molar-refractivity contribution in [2.75, 3.05) is 6.61 Å². The maximum atomic E-state index is 13.5. The SMILES string of the molecule is CCOC(=O)C(NS(=O)(=O)c1ccc(Cc2ccc3[nH]c(=O)cc(C(F)(F)F)c3c2)cc1)c1ccccc1. The molecular formula is C27H23F3N2O5S. The first kappa shape index (κ1) is 27.1. The number of carbonyl (C=O) groups is 1. The Labute approximate surface area is 216 Å². The van der Waals surface area contributed by atoms with Gasteiger partial charge in [0.25, 0.3) is 0 Å². The van der Waals surface area contributed by atoms with Crippen LogP contribution in [-0.4, -0.2) is 26.0 Å². The van der Waals surface area contributed by atoms with Gasteiger partial charge in [-0.1, -0.05) is 48.5 Å². The van der Waals surface area contributed by atoms with E-state index in [-0.39, 0.29) is 28.8 Å². The number of benzene rings is 3. The molecule has 7 nitrogen and oxygen atoms in total. The molecule has 1 aromatic heterocycles. The van der Waals surface area contributed by atoms with Crippen LogP contribution in [0.2, 0.25) is 0 Å². The quantitative estimate of drug-likeness (QED) is 0.313. The average Bonchev–Trinajstić information content (AvgIpc) is 2.87. The third-order valence-corrected chi connectivity index (χ3v) is 7.22. The van der Waals surface area contributed by atoms with E-state index >= 15 is 0 Å². The predicted octanol–water partition coefficient (Wildman–Crippen LogP) is 4.72. The van der Waals surface area contributed by atoms with Crippen LogP contribution in [0.4, 0.5) is 13.2 Å². The van der Waals surface area contributed by atoms with Gasteiger partial charge in [-0.25, -0.2) is 13.2 Å². The Bertz CT molecular complexity index is 1620. The number of hydrogen-bond donors (Lipinski definition) is 2. The molecule has 0 bridgehead atoms. The van der Waals surface area contributed by atoms with Gasteiger partial charge >= 0.3 is 12.1 Å². The molecule has 4 aromatic rings. The number of aromatic amines is 1. The van der Waals surface area contributed by atoms with Crippen LogP contribution >= 0.6 is 0 Å². The fourth-order valence-electron chi connectivity index (χ4n) is 4.01. The zero-order chi connectivity index (χ0) is 27.5. The molecule has 0 aliphatic carbocycles. The second kappa shape index (κ2) is 10.8. The van der Waals surface area contributed by atoms with E-state index in [2.05, 4.69) is 9.71 Å². The smallest absolute Gasteiger partial charge is 0.417 e. The van der Waals surface area contributed by atoms with Crippen molar-refractivity contribution in [2.45, 2.75) is 30.5 Å². The van der Waals surface area contributed by atoms with Crippen molar-refractivity contribution >= 4 is 26.9 Å². The molecule has 11 heteroatoms. The van der Waals surface area contributed by atoms with Gasteiger partial charge in [0.2, 0.25) is 15.6 Å². The van der Waals surface area contributed by atoms with Crippen molar-refractivity contribution in [1.82, 2.24) is 9.71 Å². The van der Waals surface area contributed by atoms with Gasteiger partial charge in [-0.2, -0.15) is 17.9 Å². The Balaban J connectivity index is 1.58. The molecule has 0 spiro atoms. The highest BCUT2D eigenvalue weighted by Gasteiger charge is 2.33.